The van der Waals surface area contributed by atoms with E-state index in [1.165, 1.54) is 64.2 Å². The van der Waals surface area contributed by atoms with Crippen molar-refractivity contribution >= 4 is 41.1 Å². The Balaban J connectivity index is 0.000000203. The van der Waals surface area contributed by atoms with Gasteiger partial charge in [-0.3, -0.25) is 19.0 Å². The first-order valence-electron chi connectivity index (χ1n) is 24.7. The van der Waals surface area contributed by atoms with Crippen LogP contribution >= 0.6 is 23.2 Å². The normalized spacial score (nSPS) is 20.0. The van der Waals surface area contributed by atoms with Gasteiger partial charge in [-0.05, 0) is 137 Å². The van der Waals surface area contributed by atoms with Crippen molar-refractivity contribution in [3.63, 3.8) is 0 Å². The van der Waals surface area contributed by atoms with Gasteiger partial charge in [-0.1, -0.05) is 86.0 Å². The quantitative estimate of drug-likeness (QED) is 0.133. The number of hydrogen-bond acceptors (Lipinski definition) is 9. The smallest absolute Gasteiger partial charge is 0.408 e. The van der Waals surface area contributed by atoms with E-state index >= 15 is 0 Å². The fourth-order valence-corrected chi connectivity index (χ4v) is 11.6. The Labute approximate surface area is 407 Å². The number of nitrogens with one attached hydrogen (secondary N) is 1. The summed E-state index contributed by atoms with van der Waals surface area (Å²) in [6, 6.07) is 13.7. The molecule has 364 valence electrons. The number of amides is 3. The number of rotatable bonds is 13. The first-order chi connectivity index (χ1) is 32.2. The van der Waals surface area contributed by atoms with Crippen molar-refractivity contribution in [2.45, 2.75) is 154 Å². The minimum atomic E-state index is -0.714. The highest BCUT2D eigenvalue weighted by Gasteiger charge is 2.45. The Hall–Kier alpha value is -4.53. The number of piperidine rings is 2. The molecule has 2 atom stereocenters. The lowest BCUT2D eigenvalue weighted by Gasteiger charge is -2.48. The molecule has 4 aromatic rings. The molecule has 3 N–H and O–H groups in total. The van der Waals surface area contributed by atoms with Gasteiger partial charge in [0.15, 0.2) is 0 Å². The second-order valence-corrected chi connectivity index (χ2v) is 21.6. The summed E-state index contributed by atoms with van der Waals surface area (Å²) in [5.74, 6) is 1.32. The lowest BCUT2D eigenvalue weighted by Crippen LogP contribution is -2.55. The highest BCUT2D eigenvalue weighted by Crippen LogP contribution is 2.48. The number of hydrogen-bond donors (Lipinski definition) is 2. The van der Waals surface area contributed by atoms with Crippen molar-refractivity contribution in [2.75, 3.05) is 26.2 Å². The van der Waals surface area contributed by atoms with E-state index in [1.807, 2.05) is 82.7 Å². The molecular formula is C51H72Cl2N10O4. The van der Waals surface area contributed by atoms with Gasteiger partial charge in [-0.2, -0.15) is 10.2 Å². The maximum absolute atomic E-state index is 13.8. The molecule has 4 heterocycles. The average molecular weight is 960 g/mol. The molecule has 0 spiro atoms. The summed E-state index contributed by atoms with van der Waals surface area (Å²) in [6.45, 7) is 10.1. The molecule has 2 aliphatic carbocycles. The van der Waals surface area contributed by atoms with E-state index in [2.05, 4.69) is 25.5 Å². The first kappa shape index (κ1) is 50.3. The number of carbonyl (C=O) groups excluding carboxylic acids is 3. The second-order valence-electron chi connectivity index (χ2n) is 20.7. The van der Waals surface area contributed by atoms with Crippen molar-refractivity contribution in [3.8, 4) is 0 Å². The van der Waals surface area contributed by atoms with E-state index in [0.29, 0.717) is 47.8 Å². The van der Waals surface area contributed by atoms with Crippen LogP contribution < -0.4 is 11.1 Å². The van der Waals surface area contributed by atoms with E-state index < -0.39 is 23.8 Å². The van der Waals surface area contributed by atoms with Gasteiger partial charge >= 0.3 is 6.09 Å². The molecule has 2 saturated heterocycles. The standard InChI is InChI=1S/C28H40ClN5O3.C23H32ClN5O/c1-27(2,3)37-26(36)32-24(17-21-9-11-23(29)12-10-21)25(35)33-15-13-28(14-16-33,18-34-20-30-19-31-34)22-7-5-4-6-8-22;24-20-8-6-18(7-9-20)14-21(25)22(30)28-12-10-23(11-13-28,15-29-17-26-16-27-29)19-4-2-1-3-5-19/h9-12,19-20,22,24H,4-8,13-18H2,1-3H3,(H,32,36);6-9,16-17,19,21H,1-5,10-15,25H2/t24-;21-/m11/s1. The molecule has 0 unspecified atom stereocenters. The number of ether oxygens (including phenoxy) is 1. The summed E-state index contributed by atoms with van der Waals surface area (Å²) in [7, 11) is 0. The molecule has 67 heavy (non-hydrogen) atoms. The zero-order valence-electron chi connectivity index (χ0n) is 39.8. The minimum absolute atomic E-state index is 0.0583. The van der Waals surface area contributed by atoms with Gasteiger partial charge in [0.1, 0.15) is 37.0 Å². The molecule has 2 aromatic heterocycles. The topological polar surface area (TPSA) is 166 Å². The molecule has 14 nitrogen and oxygen atoms in total. The molecule has 3 amide bonds. The lowest BCUT2D eigenvalue weighted by molar-refractivity contribution is -0.137. The van der Waals surface area contributed by atoms with Gasteiger partial charge in [-0.25, -0.2) is 14.8 Å². The van der Waals surface area contributed by atoms with E-state index in [4.69, 9.17) is 33.7 Å². The Bertz CT molecular complexity index is 2140. The van der Waals surface area contributed by atoms with Crippen LogP contribution in [0.5, 0.6) is 0 Å². The Morgan fingerprint density at radius 3 is 1.49 bits per heavy atom. The molecule has 16 heteroatoms. The zero-order chi connectivity index (χ0) is 47.4. The first-order valence-corrected chi connectivity index (χ1v) is 25.4. The number of nitrogens with two attached hydrogens (primary N) is 1. The molecular weight excluding hydrogens is 888 g/mol. The SMILES string of the molecule is CC(C)(C)OC(=O)N[C@H](Cc1ccc(Cl)cc1)C(=O)N1CCC(Cn2cncn2)(C2CCCCC2)CC1.N[C@H](Cc1ccc(Cl)cc1)C(=O)N1CCC(Cn2cncn2)(C2CCCCC2)CC1. The van der Waals surface area contributed by atoms with E-state index in [0.717, 1.165) is 63.0 Å². The average Bonchev–Trinajstić information content (AvgIpc) is 4.05. The van der Waals surface area contributed by atoms with Crippen LogP contribution in [0.25, 0.3) is 0 Å². The molecule has 2 aliphatic heterocycles. The van der Waals surface area contributed by atoms with Gasteiger partial charge in [-0.15, -0.1) is 0 Å². The maximum Gasteiger partial charge on any atom is 0.408 e. The van der Waals surface area contributed by atoms with Gasteiger partial charge in [0, 0.05) is 55.7 Å². The van der Waals surface area contributed by atoms with E-state index in [9.17, 15) is 14.4 Å². The molecule has 2 aromatic carbocycles. The minimum Gasteiger partial charge on any atom is -0.444 e. The van der Waals surface area contributed by atoms with Crippen molar-refractivity contribution in [2.24, 2.45) is 28.4 Å². The van der Waals surface area contributed by atoms with E-state index in [1.54, 1.807) is 31.1 Å². The monoisotopic (exact) mass is 959 g/mol. The van der Waals surface area contributed by atoms with Crippen LogP contribution in [-0.2, 0) is 40.3 Å². The third-order valence-electron chi connectivity index (χ3n) is 15.0. The fraction of sp³-hybridized carbons (Fsp3) is 0.627. The number of carbonyl (C=O) groups is 3. The highest BCUT2D eigenvalue weighted by atomic mass is 35.5. The molecule has 4 aliphatic rings. The Kier molecular flexibility index (Phi) is 17.4. The largest absolute Gasteiger partial charge is 0.444 e. The molecule has 8 rings (SSSR count). The number of halogens is 2. The lowest BCUT2D eigenvalue weighted by atomic mass is 9.63. The predicted molar refractivity (Wildman–Crippen MR) is 261 cm³/mol. The fourth-order valence-electron chi connectivity index (χ4n) is 11.4. The van der Waals surface area contributed by atoms with Crippen LogP contribution in [-0.4, -0.2) is 101 Å². The van der Waals surface area contributed by atoms with Crippen LogP contribution in [0.3, 0.4) is 0 Å². The van der Waals surface area contributed by atoms with Gasteiger partial charge in [0.05, 0.1) is 6.04 Å². The van der Waals surface area contributed by atoms with Crippen molar-refractivity contribution < 1.29 is 19.1 Å². The van der Waals surface area contributed by atoms with Gasteiger partial charge in [0.25, 0.3) is 0 Å². The highest BCUT2D eigenvalue weighted by molar-refractivity contribution is 6.30. The van der Waals surface area contributed by atoms with Crippen LogP contribution in [0.1, 0.15) is 122 Å². The number of nitrogens with zero attached hydrogens (tertiary/aromatic N) is 8. The number of aromatic nitrogens is 6. The summed E-state index contributed by atoms with van der Waals surface area (Å²) in [5, 5.41) is 13.0. The number of likely N-dealkylation sites (tertiary alicyclic amines) is 2. The Morgan fingerprint density at radius 1 is 0.672 bits per heavy atom. The molecule has 0 bridgehead atoms. The summed E-state index contributed by atoms with van der Waals surface area (Å²) in [4.78, 5) is 51.6. The van der Waals surface area contributed by atoms with Gasteiger partial charge < -0.3 is 25.6 Å². The zero-order valence-corrected chi connectivity index (χ0v) is 41.3. The maximum atomic E-state index is 13.8. The molecule has 2 saturated carbocycles. The number of alkyl carbamates (subject to hydrolysis) is 1. The number of benzene rings is 2. The third-order valence-corrected chi connectivity index (χ3v) is 15.5. The van der Waals surface area contributed by atoms with Crippen LogP contribution in [0.4, 0.5) is 4.79 Å². The second kappa shape index (κ2) is 23.2. The Morgan fingerprint density at radius 2 is 1.09 bits per heavy atom. The van der Waals surface area contributed by atoms with Crippen LogP contribution in [0.15, 0.2) is 73.8 Å². The van der Waals surface area contributed by atoms with Crippen LogP contribution in [0.2, 0.25) is 10.0 Å². The summed E-state index contributed by atoms with van der Waals surface area (Å²) < 4.78 is 9.42. The summed E-state index contributed by atoms with van der Waals surface area (Å²) in [5.41, 5.74) is 7.92. The van der Waals surface area contributed by atoms with Crippen LogP contribution in [0, 0.1) is 22.7 Å². The predicted octanol–water partition coefficient (Wildman–Crippen LogP) is 8.95. The van der Waals surface area contributed by atoms with Crippen molar-refractivity contribution in [1.82, 2.24) is 44.6 Å². The van der Waals surface area contributed by atoms with E-state index in [-0.39, 0.29) is 22.6 Å². The third kappa shape index (κ3) is 14.0. The van der Waals surface area contributed by atoms with Crippen molar-refractivity contribution in [3.05, 3.63) is 95.0 Å². The summed E-state index contributed by atoms with van der Waals surface area (Å²) in [6.07, 6.45) is 23.9. The van der Waals surface area contributed by atoms with Crippen molar-refractivity contribution in [1.29, 1.82) is 0 Å². The molecule has 0 radical (unpaired) electrons. The van der Waals surface area contributed by atoms with Gasteiger partial charge in [0.2, 0.25) is 11.8 Å². The summed E-state index contributed by atoms with van der Waals surface area (Å²) >= 11 is 12.0. The molecule has 4 fully saturated rings.